The first-order chi connectivity index (χ1) is 8.20. The predicted octanol–water partition coefficient (Wildman–Crippen LogP) is 1.66. The second kappa shape index (κ2) is 6.69. The first kappa shape index (κ1) is 14.1. The lowest BCUT2D eigenvalue weighted by atomic mass is 9.87. The van der Waals surface area contributed by atoms with Crippen LogP contribution >= 0.6 is 0 Å². The Kier molecular flexibility index (Phi) is 5.55. The first-order valence-electron chi connectivity index (χ1n) is 5.80. The Bertz CT molecular complexity index is 340. The summed E-state index contributed by atoms with van der Waals surface area (Å²) in [6, 6.07) is 6.53. The van der Waals surface area contributed by atoms with Crippen LogP contribution < -0.4 is 5.32 Å². The number of methoxy groups -OCH3 is 1. The van der Waals surface area contributed by atoms with E-state index in [0.717, 1.165) is 0 Å². The third kappa shape index (κ3) is 3.25. The Labute approximate surface area is 102 Å². The molecular weight excluding hydrogens is 221 g/mol. The normalized spacial score (nSPS) is 14.6. The van der Waals surface area contributed by atoms with Gasteiger partial charge in [0.2, 0.25) is 0 Å². The third-order valence-corrected chi connectivity index (χ3v) is 3.03. The molecule has 3 nitrogen and oxygen atoms in total. The first-order valence-corrected chi connectivity index (χ1v) is 5.80. The van der Waals surface area contributed by atoms with Crippen LogP contribution in [0.1, 0.15) is 18.9 Å². The molecule has 0 aliphatic carbocycles. The quantitative estimate of drug-likeness (QED) is 0.713. The molecule has 0 aliphatic heterocycles. The molecule has 96 valence electrons. The summed E-state index contributed by atoms with van der Waals surface area (Å²) in [5, 5.41) is 12.8. The van der Waals surface area contributed by atoms with E-state index in [4.69, 9.17) is 4.74 Å². The van der Waals surface area contributed by atoms with E-state index in [9.17, 15) is 9.50 Å². The van der Waals surface area contributed by atoms with Crippen molar-refractivity contribution in [3.8, 4) is 0 Å². The lowest BCUT2D eigenvalue weighted by Gasteiger charge is -2.33. The molecule has 0 saturated carbocycles. The van der Waals surface area contributed by atoms with Crippen molar-refractivity contribution in [3.63, 3.8) is 0 Å². The van der Waals surface area contributed by atoms with Gasteiger partial charge in [-0.1, -0.05) is 25.1 Å². The summed E-state index contributed by atoms with van der Waals surface area (Å²) >= 11 is 0. The van der Waals surface area contributed by atoms with Crippen molar-refractivity contribution in [3.05, 3.63) is 35.6 Å². The molecule has 0 aromatic heterocycles. The molecule has 0 heterocycles. The van der Waals surface area contributed by atoms with Gasteiger partial charge in [0.25, 0.3) is 0 Å². The Morgan fingerprint density at radius 3 is 2.65 bits per heavy atom. The minimum atomic E-state index is -0.732. The van der Waals surface area contributed by atoms with Crippen LogP contribution in [0.15, 0.2) is 24.3 Å². The van der Waals surface area contributed by atoms with E-state index in [1.807, 2.05) is 6.92 Å². The van der Waals surface area contributed by atoms with Gasteiger partial charge in [0.1, 0.15) is 5.82 Å². The molecule has 0 spiro atoms. The fourth-order valence-electron chi connectivity index (χ4n) is 1.91. The van der Waals surface area contributed by atoms with E-state index in [1.165, 1.54) is 6.07 Å². The van der Waals surface area contributed by atoms with Gasteiger partial charge in [-0.15, -0.1) is 0 Å². The highest BCUT2D eigenvalue weighted by molar-refractivity contribution is 5.26. The van der Waals surface area contributed by atoms with Crippen LogP contribution in [0.3, 0.4) is 0 Å². The molecule has 0 fully saturated rings. The Hall–Kier alpha value is -0.970. The van der Waals surface area contributed by atoms with E-state index in [-0.39, 0.29) is 12.4 Å². The van der Waals surface area contributed by atoms with Crippen LogP contribution in [0.2, 0.25) is 0 Å². The van der Waals surface area contributed by atoms with E-state index in [0.29, 0.717) is 25.1 Å². The highest BCUT2D eigenvalue weighted by Crippen LogP contribution is 2.26. The van der Waals surface area contributed by atoms with Crippen LogP contribution in [-0.4, -0.2) is 32.0 Å². The van der Waals surface area contributed by atoms with Crippen molar-refractivity contribution in [2.45, 2.75) is 18.9 Å². The van der Waals surface area contributed by atoms with Crippen LogP contribution in [0.5, 0.6) is 0 Å². The maximum Gasteiger partial charge on any atom is 0.128 e. The second-order valence-electron chi connectivity index (χ2n) is 3.99. The largest absolute Gasteiger partial charge is 0.394 e. The number of halogens is 1. The van der Waals surface area contributed by atoms with Crippen LogP contribution in [0.4, 0.5) is 4.39 Å². The summed E-state index contributed by atoms with van der Waals surface area (Å²) < 4.78 is 18.7. The highest BCUT2D eigenvalue weighted by Gasteiger charge is 2.31. The smallest absolute Gasteiger partial charge is 0.128 e. The van der Waals surface area contributed by atoms with Gasteiger partial charge in [-0.2, -0.15) is 0 Å². The molecule has 0 amide bonds. The minimum Gasteiger partial charge on any atom is -0.394 e. The standard InChI is InChI=1S/C13H20FNO2/c1-3-13(10-16,15-8-9-17-2)11-6-4-5-7-12(11)14/h4-7,15-16H,3,8-10H2,1-2H3. The van der Waals surface area contributed by atoms with Gasteiger partial charge < -0.3 is 15.2 Å². The Morgan fingerprint density at radius 1 is 1.41 bits per heavy atom. The predicted molar refractivity (Wildman–Crippen MR) is 65.3 cm³/mol. The van der Waals surface area contributed by atoms with Crippen LogP contribution in [0.25, 0.3) is 0 Å². The lowest BCUT2D eigenvalue weighted by Crippen LogP contribution is -2.47. The lowest BCUT2D eigenvalue weighted by molar-refractivity contribution is 0.131. The number of hydrogen-bond acceptors (Lipinski definition) is 3. The second-order valence-corrected chi connectivity index (χ2v) is 3.99. The molecule has 0 aliphatic rings. The molecule has 4 heteroatoms. The highest BCUT2D eigenvalue weighted by atomic mass is 19.1. The van der Waals surface area contributed by atoms with Crippen LogP contribution in [0, 0.1) is 5.82 Å². The maximum absolute atomic E-state index is 13.8. The van der Waals surface area contributed by atoms with Gasteiger partial charge in [0.15, 0.2) is 0 Å². The molecule has 1 atom stereocenters. The van der Waals surface area contributed by atoms with E-state index < -0.39 is 5.54 Å². The average Bonchev–Trinajstić information content (AvgIpc) is 2.36. The fourth-order valence-corrected chi connectivity index (χ4v) is 1.91. The molecule has 0 radical (unpaired) electrons. The number of aliphatic hydroxyl groups excluding tert-OH is 1. The van der Waals surface area contributed by atoms with Gasteiger partial charge in [-0.25, -0.2) is 4.39 Å². The van der Waals surface area contributed by atoms with E-state index in [2.05, 4.69) is 5.32 Å². The maximum atomic E-state index is 13.8. The molecule has 0 saturated heterocycles. The van der Waals surface area contributed by atoms with Crippen LogP contribution in [-0.2, 0) is 10.3 Å². The Balaban J connectivity index is 2.94. The average molecular weight is 241 g/mol. The molecule has 1 aromatic carbocycles. The van der Waals surface area contributed by atoms with E-state index >= 15 is 0 Å². The van der Waals surface area contributed by atoms with Crippen molar-refractivity contribution in [2.24, 2.45) is 0 Å². The number of benzene rings is 1. The van der Waals surface area contributed by atoms with E-state index in [1.54, 1.807) is 25.3 Å². The zero-order valence-corrected chi connectivity index (χ0v) is 10.4. The molecular formula is C13H20FNO2. The summed E-state index contributed by atoms with van der Waals surface area (Å²) in [6.07, 6.45) is 0.605. The Morgan fingerprint density at radius 2 is 2.12 bits per heavy atom. The fraction of sp³-hybridized carbons (Fsp3) is 0.538. The zero-order chi connectivity index (χ0) is 12.7. The number of rotatable bonds is 7. The third-order valence-electron chi connectivity index (χ3n) is 3.03. The van der Waals surface area contributed by atoms with Gasteiger partial charge in [0, 0.05) is 19.2 Å². The number of aliphatic hydroxyl groups is 1. The van der Waals surface area contributed by atoms with Gasteiger partial charge >= 0.3 is 0 Å². The number of nitrogens with one attached hydrogen (secondary N) is 1. The topological polar surface area (TPSA) is 41.5 Å². The minimum absolute atomic E-state index is 0.145. The van der Waals surface area contributed by atoms with Gasteiger partial charge in [-0.3, -0.25) is 0 Å². The molecule has 1 rings (SSSR count). The SMILES string of the molecule is CCC(CO)(NCCOC)c1ccccc1F. The van der Waals surface area contributed by atoms with Crippen molar-refractivity contribution >= 4 is 0 Å². The summed E-state index contributed by atoms with van der Waals surface area (Å²) in [5.74, 6) is -0.298. The van der Waals surface area contributed by atoms with Crippen molar-refractivity contribution in [1.29, 1.82) is 0 Å². The molecule has 1 unspecified atom stereocenters. The summed E-state index contributed by atoms with van der Waals surface area (Å²) in [7, 11) is 1.61. The van der Waals surface area contributed by atoms with Crippen molar-refractivity contribution < 1.29 is 14.2 Å². The van der Waals surface area contributed by atoms with Crippen molar-refractivity contribution in [2.75, 3.05) is 26.9 Å². The monoisotopic (exact) mass is 241 g/mol. The van der Waals surface area contributed by atoms with Gasteiger partial charge in [0.05, 0.1) is 18.8 Å². The summed E-state index contributed by atoms with van der Waals surface area (Å²) in [6.45, 7) is 2.87. The molecule has 2 N–H and O–H groups in total. The molecule has 0 bridgehead atoms. The van der Waals surface area contributed by atoms with Gasteiger partial charge in [-0.05, 0) is 12.5 Å². The summed E-state index contributed by atoms with van der Waals surface area (Å²) in [4.78, 5) is 0. The summed E-state index contributed by atoms with van der Waals surface area (Å²) in [5.41, 5.74) is -0.231. The zero-order valence-electron chi connectivity index (χ0n) is 10.4. The number of hydrogen-bond donors (Lipinski definition) is 2. The molecule has 17 heavy (non-hydrogen) atoms. The molecule has 1 aromatic rings. The van der Waals surface area contributed by atoms with Crippen molar-refractivity contribution in [1.82, 2.24) is 5.32 Å². The number of ether oxygens (including phenoxy) is 1.